The van der Waals surface area contributed by atoms with E-state index in [0.717, 1.165) is 18.6 Å². The Kier molecular flexibility index (Phi) is 13.0. The van der Waals surface area contributed by atoms with E-state index in [9.17, 15) is 9.59 Å². The van der Waals surface area contributed by atoms with Crippen LogP contribution in [0.3, 0.4) is 0 Å². The summed E-state index contributed by atoms with van der Waals surface area (Å²) in [4.78, 5) is 20.7. The van der Waals surface area contributed by atoms with Crippen LogP contribution in [0.1, 0.15) is 70.2 Å². The molecular weight excluding hydrogens is 328 g/mol. The number of phenols is 1. The maximum atomic E-state index is 10.4. The Bertz CT molecular complexity index is 559. The molecule has 0 heterocycles. The van der Waals surface area contributed by atoms with E-state index in [0.29, 0.717) is 17.6 Å². The van der Waals surface area contributed by atoms with Crippen molar-refractivity contribution in [1.29, 1.82) is 0 Å². The zero-order valence-corrected chi connectivity index (χ0v) is 16.8. The molecule has 0 aromatic heterocycles. The van der Waals surface area contributed by atoms with Crippen molar-refractivity contribution in [1.82, 2.24) is 0 Å². The highest BCUT2D eigenvalue weighted by Gasteiger charge is 2.04. The lowest BCUT2D eigenvalue weighted by atomic mass is 9.95. The van der Waals surface area contributed by atoms with Crippen molar-refractivity contribution >= 4 is 12.6 Å². The number of hydrogen-bond acceptors (Lipinski definition) is 4. The molecule has 26 heavy (non-hydrogen) atoms. The van der Waals surface area contributed by atoms with Gasteiger partial charge in [-0.3, -0.25) is 4.79 Å². The molecule has 1 rings (SSSR count). The highest BCUT2D eigenvalue weighted by molar-refractivity contribution is 5.76. The van der Waals surface area contributed by atoms with E-state index in [4.69, 9.17) is 9.84 Å². The zero-order valence-electron chi connectivity index (χ0n) is 16.8. The molecule has 146 valence electrons. The van der Waals surface area contributed by atoms with E-state index >= 15 is 0 Å². The number of rotatable bonds is 10. The predicted molar refractivity (Wildman–Crippen MR) is 107 cm³/mol. The minimum Gasteiger partial charge on any atom is -0.504 e. The third-order valence-corrected chi connectivity index (χ3v) is 4.14. The second-order valence-electron chi connectivity index (χ2n) is 7.06. The van der Waals surface area contributed by atoms with E-state index in [1.165, 1.54) is 56.6 Å². The van der Waals surface area contributed by atoms with Crippen molar-refractivity contribution in [2.24, 2.45) is 11.8 Å². The zero-order chi connectivity index (χ0) is 19.9. The average Bonchev–Trinajstić information content (AvgIpc) is 2.62. The van der Waals surface area contributed by atoms with Crippen molar-refractivity contribution in [3.63, 3.8) is 0 Å². The van der Waals surface area contributed by atoms with Gasteiger partial charge in [0, 0.05) is 11.5 Å². The molecule has 0 radical (unpaired) electrons. The molecule has 1 aromatic carbocycles. The van der Waals surface area contributed by atoms with Crippen molar-refractivity contribution in [3.8, 4) is 11.5 Å². The lowest BCUT2D eigenvalue weighted by Gasteiger charge is -2.10. The van der Waals surface area contributed by atoms with Crippen molar-refractivity contribution in [3.05, 3.63) is 35.4 Å². The molecule has 2 atom stereocenters. The van der Waals surface area contributed by atoms with Gasteiger partial charge in [-0.2, -0.15) is 0 Å². The first-order valence-corrected chi connectivity index (χ1v) is 9.24. The van der Waals surface area contributed by atoms with Gasteiger partial charge in [-0.25, -0.2) is 0 Å². The molecule has 4 nitrogen and oxygen atoms in total. The molecule has 0 amide bonds. The largest absolute Gasteiger partial charge is 0.504 e. The fraction of sp³-hybridized carbons (Fsp3) is 0.545. The van der Waals surface area contributed by atoms with Crippen LogP contribution in [0.4, 0.5) is 0 Å². The molecule has 0 aliphatic rings. The second-order valence-corrected chi connectivity index (χ2v) is 7.06. The van der Waals surface area contributed by atoms with Crippen LogP contribution < -0.4 is 4.74 Å². The van der Waals surface area contributed by atoms with Gasteiger partial charge < -0.3 is 14.6 Å². The first-order valence-electron chi connectivity index (χ1n) is 9.24. The number of aldehydes is 2. The molecule has 0 spiro atoms. The number of carbonyl (C=O) groups excluding carboxylic acids is 2. The van der Waals surface area contributed by atoms with Crippen LogP contribution in [0.15, 0.2) is 29.8 Å². The number of hydrogen-bond donors (Lipinski definition) is 1. The van der Waals surface area contributed by atoms with E-state index < -0.39 is 0 Å². The third kappa shape index (κ3) is 11.5. The number of aromatic hydroxyl groups is 1. The van der Waals surface area contributed by atoms with Crippen LogP contribution in [-0.4, -0.2) is 24.8 Å². The molecule has 1 aromatic rings. The van der Waals surface area contributed by atoms with Crippen LogP contribution in [-0.2, 0) is 4.79 Å². The number of methoxy groups -OCH3 is 1. The Morgan fingerprint density at radius 1 is 1.15 bits per heavy atom. The summed E-state index contributed by atoms with van der Waals surface area (Å²) in [6, 6.07) is 4.41. The van der Waals surface area contributed by atoms with Crippen LogP contribution in [0.2, 0.25) is 0 Å². The van der Waals surface area contributed by atoms with Crippen molar-refractivity contribution in [2.75, 3.05) is 7.11 Å². The van der Waals surface area contributed by atoms with Gasteiger partial charge >= 0.3 is 0 Å². The molecule has 4 heteroatoms. The monoisotopic (exact) mass is 362 g/mol. The van der Waals surface area contributed by atoms with Gasteiger partial charge in [0.1, 0.15) is 12.6 Å². The standard InChI is InChI=1S/C14H26O.C8H8O3/c1-12(2)7-5-8-13(3)9-6-10-14(4)11-15;1-11-8-4-6(5-9)2-3-7(8)10/h7,11,13-14H,5-6,8-10H2,1-4H3;2-5,10H,1H3. The maximum absolute atomic E-state index is 10.4. The Morgan fingerprint density at radius 2 is 1.85 bits per heavy atom. The summed E-state index contributed by atoms with van der Waals surface area (Å²) in [5, 5.41) is 9.09. The Labute approximate surface area is 158 Å². The highest BCUT2D eigenvalue weighted by Crippen LogP contribution is 2.25. The normalized spacial score (nSPS) is 12.2. The summed E-state index contributed by atoms with van der Waals surface area (Å²) in [5.74, 6) is 1.39. The molecule has 0 fully saturated rings. The predicted octanol–water partition coefficient (Wildman–Crippen LogP) is 5.59. The summed E-state index contributed by atoms with van der Waals surface area (Å²) in [7, 11) is 1.43. The Balaban J connectivity index is 0.000000502. The van der Waals surface area contributed by atoms with E-state index in [1.54, 1.807) is 0 Å². The number of phenolic OH excluding ortho intramolecular Hbond substituents is 1. The lowest BCUT2D eigenvalue weighted by Crippen LogP contribution is -1.99. The SMILES string of the molecule is CC(C)=CCCC(C)CCCC(C)C=O.COc1cc(C=O)ccc1O. The first-order chi connectivity index (χ1) is 12.3. The minimum atomic E-state index is 0.0399. The van der Waals surface area contributed by atoms with E-state index in [1.807, 2.05) is 6.92 Å². The first kappa shape index (κ1) is 23.9. The lowest BCUT2D eigenvalue weighted by molar-refractivity contribution is -0.110. The molecule has 0 aliphatic carbocycles. The van der Waals surface area contributed by atoms with Crippen LogP contribution in [0.25, 0.3) is 0 Å². The van der Waals surface area contributed by atoms with Gasteiger partial charge in [0.15, 0.2) is 11.5 Å². The molecule has 0 saturated heterocycles. The summed E-state index contributed by atoms with van der Waals surface area (Å²) in [6.07, 6.45) is 10.1. The molecule has 0 bridgehead atoms. The van der Waals surface area contributed by atoms with Crippen molar-refractivity contribution in [2.45, 2.75) is 59.8 Å². The summed E-state index contributed by atoms with van der Waals surface area (Å²) < 4.78 is 4.78. The molecular formula is C22H34O4. The topological polar surface area (TPSA) is 63.6 Å². The number of benzene rings is 1. The van der Waals surface area contributed by atoms with Crippen LogP contribution in [0.5, 0.6) is 11.5 Å². The van der Waals surface area contributed by atoms with Gasteiger partial charge in [0.25, 0.3) is 0 Å². The maximum Gasteiger partial charge on any atom is 0.161 e. The third-order valence-electron chi connectivity index (χ3n) is 4.14. The number of carbonyl (C=O) groups is 2. The van der Waals surface area contributed by atoms with E-state index in [2.05, 4.69) is 26.8 Å². The van der Waals surface area contributed by atoms with Gasteiger partial charge in [-0.05, 0) is 57.2 Å². The molecule has 2 unspecified atom stereocenters. The fourth-order valence-electron chi connectivity index (χ4n) is 2.42. The summed E-state index contributed by atoms with van der Waals surface area (Å²) in [6.45, 7) is 8.61. The Morgan fingerprint density at radius 3 is 2.38 bits per heavy atom. The number of ether oxygens (including phenoxy) is 1. The second kappa shape index (κ2) is 14.1. The summed E-state index contributed by atoms with van der Waals surface area (Å²) in [5.41, 5.74) is 1.90. The quantitative estimate of drug-likeness (QED) is 0.435. The van der Waals surface area contributed by atoms with Crippen molar-refractivity contribution < 1.29 is 19.4 Å². The highest BCUT2D eigenvalue weighted by atomic mass is 16.5. The average molecular weight is 363 g/mol. The molecule has 0 saturated carbocycles. The molecule has 1 N–H and O–H groups in total. The van der Waals surface area contributed by atoms with Crippen LogP contribution >= 0.6 is 0 Å². The van der Waals surface area contributed by atoms with Crippen LogP contribution in [0, 0.1) is 11.8 Å². The Hall–Kier alpha value is -2.10. The fourth-order valence-corrected chi connectivity index (χ4v) is 2.42. The van der Waals surface area contributed by atoms with E-state index in [-0.39, 0.29) is 11.7 Å². The van der Waals surface area contributed by atoms with Gasteiger partial charge in [-0.1, -0.05) is 38.3 Å². The minimum absolute atomic E-state index is 0.0399. The summed E-state index contributed by atoms with van der Waals surface area (Å²) >= 11 is 0. The van der Waals surface area contributed by atoms with Gasteiger partial charge in [-0.15, -0.1) is 0 Å². The smallest absolute Gasteiger partial charge is 0.161 e. The van der Waals surface area contributed by atoms with Gasteiger partial charge in [0.2, 0.25) is 0 Å². The number of allylic oxidation sites excluding steroid dienone is 2. The molecule has 0 aliphatic heterocycles. The van der Waals surface area contributed by atoms with Gasteiger partial charge in [0.05, 0.1) is 7.11 Å².